The first-order valence-electron chi connectivity index (χ1n) is 6.01. The monoisotopic (exact) mass is 254 g/mol. The van der Waals surface area contributed by atoms with E-state index in [1.807, 2.05) is 4.90 Å². The number of rotatable bonds is 3. The number of piperazine rings is 1. The summed E-state index contributed by atoms with van der Waals surface area (Å²) in [4.78, 5) is 17.2. The van der Waals surface area contributed by atoms with Gasteiger partial charge in [-0.1, -0.05) is 17.8 Å². The minimum atomic E-state index is 0.108. The van der Waals surface area contributed by atoms with Crippen LogP contribution in [0.2, 0.25) is 0 Å². The molecule has 1 aromatic rings. The summed E-state index contributed by atoms with van der Waals surface area (Å²) in [6, 6.07) is 0. The zero-order valence-corrected chi connectivity index (χ0v) is 11.2. The summed E-state index contributed by atoms with van der Waals surface area (Å²) in [6.45, 7) is 5.59. The summed E-state index contributed by atoms with van der Waals surface area (Å²) in [7, 11) is 2.08. The standard InChI is InChI=1S/C11H18N4OS/c1-3-4-9-10(17-13-12-9)11(16)15-7-5-14(2)6-8-15/h3-8H2,1-2H3. The van der Waals surface area contributed by atoms with Crippen LogP contribution in [0.5, 0.6) is 0 Å². The molecule has 0 radical (unpaired) electrons. The Kier molecular flexibility index (Phi) is 4.06. The van der Waals surface area contributed by atoms with Crippen molar-refractivity contribution in [2.75, 3.05) is 33.2 Å². The maximum absolute atomic E-state index is 12.3. The van der Waals surface area contributed by atoms with Crippen molar-refractivity contribution in [2.24, 2.45) is 0 Å². The molecule has 0 N–H and O–H groups in total. The van der Waals surface area contributed by atoms with Gasteiger partial charge in [0.1, 0.15) is 4.88 Å². The molecular weight excluding hydrogens is 236 g/mol. The fourth-order valence-electron chi connectivity index (χ4n) is 1.92. The molecule has 17 heavy (non-hydrogen) atoms. The quantitative estimate of drug-likeness (QED) is 0.803. The fraction of sp³-hybridized carbons (Fsp3) is 0.727. The van der Waals surface area contributed by atoms with Crippen molar-refractivity contribution < 1.29 is 4.79 Å². The Bertz CT molecular complexity index is 385. The van der Waals surface area contributed by atoms with Crippen molar-refractivity contribution >= 4 is 17.4 Å². The SMILES string of the molecule is CCCc1nnsc1C(=O)N1CCN(C)CC1. The van der Waals surface area contributed by atoms with Gasteiger partial charge >= 0.3 is 0 Å². The van der Waals surface area contributed by atoms with Crippen molar-refractivity contribution in [3.63, 3.8) is 0 Å². The summed E-state index contributed by atoms with van der Waals surface area (Å²) in [5, 5.41) is 4.05. The third-order valence-corrected chi connectivity index (χ3v) is 3.78. The third kappa shape index (κ3) is 2.81. The predicted octanol–water partition coefficient (Wildman–Crippen LogP) is 0.878. The van der Waals surface area contributed by atoms with E-state index in [-0.39, 0.29) is 5.91 Å². The molecule has 6 heteroatoms. The number of likely N-dealkylation sites (N-methyl/N-ethyl adjacent to an activating group) is 1. The van der Waals surface area contributed by atoms with Gasteiger partial charge < -0.3 is 9.80 Å². The van der Waals surface area contributed by atoms with Gasteiger partial charge in [-0.3, -0.25) is 4.79 Å². The van der Waals surface area contributed by atoms with Crippen molar-refractivity contribution in [3.05, 3.63) is 10.6 Å². The van der Waals surface area contributed by atoms with Crippen molar-refractivity contribution in [1.29, 1.82) is 0 Å². The Hall–Kier alpha value is -1.01. The van der Waals surface area contributed by atoms with E-state index in [0.717, 1.165) is 49.6 Å². The molecule has 0 bridgehead atoms. The average Bonchev–Trinajstić information content (AvgIpc) is 2.78. The van der Waals surface area contributed by atoms with Gasteiger partial charge in [-0.25, -0.2) is 0 Å². The largest absolute Gasteiger partial charge is 0.335 e. The molecule has 2 heterocycles. The summed E-state index contributed by atoms with van der Waals surface area (Å²) < 4.78 is 3.91. The number of hydrogen-bond acceptors (Lipinski definition) is 5. The van der Waals surface area contributed by atoms with Gasteiger partial charge in [0.15, 0.2) is 0 Å². The highest BCUT2D eigenvalue weighted by atomic mass is 32.1. The third-order valence-electron chi connectivity index (χ3n) is 3.03. The zero-order chi connectivity index (χ0) is 12.3. The van der Waals surface area contributed by atoms with Gasteiger partial charge in [0.05, 0.1) is 5.69 Å². The fourth-order valence-corrected chi connectivity index (χ4v) is 2.60. The van der Waals surface area contributed by atoms with Gasteiger partial charge in [0.25, 0.3) is 5.91 Å². The normalized spacial score (nSPS) is 17.4. The lowest BCUT2D eigenvalue weighted by Gasteiger charge is -2.32. The lowest BCUT2D eigenvalue weighted by molar-refractivity contribution is 0.0667. The maximum atomic E-state index is 12.3. The Morgan fingerprint density at radius 2 is 2.06 bits per heavy atom. The van der Waals surface area contributed by atoms with E-state index < -0.39 is 0 Å². The second-order valence-electron chi connectivity index (χ2n) is 4.39. The van der Waals surface area contributed by atoms with Crippen molar-refractivity contribution in [1.82, 2.24) is 19.4 Å². The summed E-state index contributed by atoms with van der Waals surface area (Å²) >= 11 is 1.23. The zero-order valence-electron chi connectivity index (χ0n) is 10.3. The number of aryl methyl sites for hydroxylation is 1. The molecule has 1 fully saturated rings. The van der Waals surface area contributed by atoms with Gasteiger partial charge in [0.2, 0.25) is 0 Å². The van der Waals surface area contributed by atoms with Crippen LogP contribution in [0.1, 0.15) is 28.7 Å². The van der Waals surface area contributed by atoms with Crippen LogP contribution in [-0.2, 0) is 6.42 Å². The summed E-state index contributed by atoms with van der Waals surface area (Å²) in [5.74, 6) is 0.108. The van der Waals surface area contributed by atoms with Gasteiger partial charge in [0, 0.05) is 26.2 Å². The average molecular weight is 254 g/mol. The number of carbonyl (C=O) groups excluding carboxylic acids is 1. The minimum absolute atomic E-state index is 0.108. The number of nitrogens with zero attached hydrogens (tertiary/aromatic N) is 4. The molecule has 1 aromatic heterocycles. The highest BCUT2D eigenvalue weighted by molar-refractivity contribution is 7.08. The van der Waals surface area contributed by atoms with Crippen LogP contribution >= 0.6 is 11.5 Å². The number of amides is 1. The highest BCUT2D eigenvalue weighted by Crippen LogP contribution is 2.16. The molecule has 0 unspecified atom stereocenters. The molecule has 0 aliphatic carbocycles. The highest BCUT2D eigenvalue weighted by Gasteiger charge is 2.24. The molecule has 1 aliphatic rings. The van der Waals surface area contributed by atoms with E-state index in [0.29, 0.717) is 0 Å². The Morgan fingerprint density at radius 1 is 1.35 bits per heavy atom. The van der Waals surface area contributed by atoms with Crippen molar-refractivity contribution in [3.8, 4) is 0 Å². The molecule has 1 aliphatic heterocycles. The van der Waals surface area contributed by atoms with E-state index in [9.17, 15) is 4.79 Å². The Balaban J connectivity index is 2.06. The lowest BCUT2D eigenvalue weighted by Crippen LogP contribution is -2.47. The van der Waals surface area contributed by atoms with E-state index >= 15 is 0 Å². The van der Waals surface area contributed by atoms with Crippen LogP contribution in [0.25, 0.3) is 0 Å². The van der Waals surface area contributed by atoms with Crippen LogP contribution in [0, 0.1) is 0 Å². The van der Waals surface area contributed by atoms with E-state index in [1.165, 1.54) is 11.5 Å². The number of carbonyl (C=O) groups is 1. The molecule has 1 amide bonds. The molecule has 0 spiro atoms. The first-order valence-corrected chi connectivity index (χ1v) is 6.78. The molecule has 0 aromatic carbocycles. The predicted molar refractivity (Wildman–Crippen MR) is 67.3 cm³/mol. The smallest absolute Gasteiger partial charge is 0.267 e. The lowest BCUT2D eigenvalue weighted by atomic mass is 10.2. The number of aromatic nitrogens is 2. The van der Waals surface area contributed by atoms with Gasteiger partial charge in [-0.15, -0.1) is 5.10 Å². The Labute approximate surface area is 106 Å². The topological polar surface area (TPSA) is 49.3 Å². The Morgan fingerprint density at radius 3 is 2.71 bits per heavy atom. The second kappa shape index (κ2) is 5.55. The molecular formula is C11H18N4OS. The van der Waals surface area contributed by atoms with Crippen LogP contribution in [-0.4, -0.2) is 58.5 Å². The van der Waals surface area contributed by atoms with E-state index in [2.05, 4.69) is 28.5 Å². The number of hydrogen-bond donors (Lipinski definition) is 0. The first kappa shape index (κ1) is 12.4. The van der Waals surface area contributed by atoms with Crippen LogP contribution < -0.4 is 0 Å². The second-order valence-corrected chi connectivity index (χ2v) is 5.15. The van der Waals surface area contributed by atoms with E-state index in [1.54, 1.807) is 0 Å². The molecule has 0 saturated carbocycles. The van der Waals surface area contributed by atoms with Crippen molar-refractivity contribution in [2.45, 2.75) is 19.8 Å². The summed E-state index contributed by atoms with van der Waals surface area (Å²) in [5.41, 5.74) is 0.862. The molecule has 2 rings (SSSR count). The van der Waals surface area contributed by atoms with Gasteiger partial charge in [-0.05, 0) is 25.0 Å². The van der Waals surface area contributed by atoms with E-state index in [4.69, 9.17) is 0 Å². The summed E-state index contributed by atoms with van der Waals surface area (Å²) in [6.07, 6.45) is 1.83. The van der Waals surface area contributed by atoms with Crippen LogP contribution in [0.4, 0.5) is 0 Å². The minimum Gasteiger partial charge on any atom is -0.335 e. The molecule has 94 valence electrons. The molecule has 1 saturated heterocycles. The molecule has 0 atom stereocenters. The molecule has 5 nitrogen and oxygen atoms in total. The van der Waals surface area contributed by atoms with Gasteiger partial charge in [-0.2, -0.15) is 0 Å². The van der Waals surface area contributed by atoms with Crippen LogP contribution in [0.3, 0.4) is 0 Å². The van der Waals surface area contributed by atoms with Crippen LogP contribution in [0.15, 0.2) is 0 Å². The first-order chi connectivity index (χ1) is 8.22. The maximum Gasteiger partial charge on any atom is 0.267 e.